The van der Waals surface area contributed by atoms with Gasteiger partial charge in [-0.2, -0.15) is 0 Å². The van der Waals surface area contributed by atoms with Gasteiger partial charge in [0.2, 0.25) is 0 Å². The molecule has 0 aliphatic heterocycles. The fraction of sp³-hybridized carbons (Fsp3) is 0.375. The third kappa shape index (κ3) is 3.84. The molecule has 1 aromatic heterocycles. The number of benzene rings is 1. The molecule has 4 heteroatoms. The Kier molecular flexibility index (Phi) is 6.08. The summed E-state index contributed by atoms with van der Waals surface area (Å²) in [5.41, 5.74) is 5.38. The van der Waals surface area contributed by atoms with Crippen molar-refractivity contribution in [3.05, 3.63) is 53.2 Å². The normalized spacial score (nSPS) is 12.7. The summed E-state index contributed by atoms with van der Waals surface area (Å²) < 4.78 is 2.53. The highest BCUT2D eigenvalue weighted by Gasteiger charge is 2.17. The van der Waals surface area contributed by atoms with Gasteiger partial charge >= 0.3 is 0 Å². The van der Waals surface area contributed by atoms with Gasteiger partial charge in [0.15, 0.2) is 0 Å². The summed E-state index contributed by atoms with van der Waals surface area (Å²) in [6, 6.07) is 7.11. The highest BCUT2D eigenvalue weighted by atomic mass is 127. The minimum atomic E-state index is 0.293. The zero-order chi connectivity index (χ0) is 14.7. The molecule has 0 fully saturated rings. The third-order valence-corrected chi connectivity index (χ3v) is 6.04. The molecule has 1 heterocycles. The van der Waals surface area contributed by atoms with Crippen LogP contribution in [0.25, 0.3) is 0 Å². The molecule has 1 unspecified atom stereocenters. The molecular weight excluding hydrogens is 445 g/mol. The minimum absolute atomic E-state index is 0.293. The van der Waals surface area contributed by atoms with Gasteiger partial charge in [-0.3, -0.25) is 0 Å². The van der Waals surface area contributed by atoms with Crippen LogP contribution in [0, 0.1) is 16.7 Å². The lowest BCUT2D eigenvalue weighted by molar-refractivity contribution is 0.597. The Morgan fingerprint density at radius 1 is 1.25 bits per heavy atom. The van der Waals surface area contributed by atoms with E-state index in [2.05, 4.69) is 88.2 Å². The van der Waals surface area contributed by atoms with Gasteiger partial charge in [-0.05, 0) is 89.2 Å². The molecule has 0 amide bonds. The second-order valence-corrected chi connectivity index (χ2v) is 8.69. The molecule has 1 aromatic carbocycles. The lowest BCUT2D eigenvalue weighted by Crippen LogP contribution is -2.23. The summed E-state index contributed by atoms with van der Waals surface area (Å²) >= 11 is 7.83. The molecule has 0 radical (unpaired) electrons. The lowest BCUT2D eigenvalue weighted by atomic mass is 9.95. The van der Waals surface area contributed by atoms with Gasteiger partial charge < -0.3 is 5.32 Å². The molecule has 0 spiro atoms. The summed E-state index contributed by atoms with van der Waals surface area (Å²) in [7, 11) is 0. The highest BCUT2D eigenvalue weighted by Crippen LogP contribution is 2.32. The first kappa shape index (κ1) is 16.5. The van der Waals surface area contributed by atoms with Crippen LogP contribution in [0.4, 0.5) is 0 Å². The van der Waals surface area contributed by atoms with Crippen molar-refractivity contribution in [3.63, 3.8) is 0 Å². The first-order valence-electron chi connectivity index (χ1n) is 6.77. The van der Waals surface area contributed by atoms with E-state index in [0.717, 1.165) is 13.0 Å². The molecule has 20 heavy (non-hydrogen) atoms. The average Bonchev–Trinajstić information content (AvgIpc) is 2.82. The predicted molar refractivity (Wildman–Crippen MR) is 101 cm³/mol. The number of hydrogen-bond donors (Lipinski definition) is 1. The topological polar surface area (TPSA) is 12.0 Å². The highest BCUT2D eigenvalue weighted by molar-refractivity contribution is 14.1. The molecule has 0 saturated heterocycles. The van der Waals surface area contributed by atoms with Crippen molar-refractivity contribution in [2.45, 2.75) is 33.2 Å². The van der Waals surface area contributed by atoms with E-state index in [4.69, 9.17) is 0 Å². The molecule has 108 valence electrons. The molecular formula is C16H19BrINS. The summed E-state index contributed by atoms with van der Waals surface area (Å²) in [6.45, 7) is 7.59. The van der Waals surface area contributed by atoms with E-state index in [-0.39, 0.29) is 0 Å². The van der Waals surface area contributed by atoms with Crippen molar-refractivity contribution in [1.82, 2.24) is 5.32 Å². The molecule has 1 atom stereocenters. The molecule has 2 aromatic rings. The molecule has 1 N–H and O–H groups in total. The standard InChI is InChI=1S/C16H19BrINS/c1-4-5-19-16(12-8-15(18)20-9-12)13-6-11(3)14(17)7-10(13)2/h6-9,16,19H,4-5H2,1-3H3. The van der Waals surface area contributed by atoms with E-state index in [0.29, 0.717) is 6.04 Å². The SMILES string of the molecule is CCCNC(c1csc(I)c1)c1cc(C)c(Br)cc1C. The Hall–Kier alpha value is 0.0900. The minimum Gasteiger partial charge on any atom is -0.306 e. The van der Waals surface area contributed by atoms with Crippen LogP contribution in [0.1, 0.15) is 41.6 Å². The Labute approximate surface area is 147 Å². The van der Waals surface area contributed by atoms with Gasteiger partial charge in [0.25, 0.3) is 0 Å². The average molecular weight is 464 g/mol. The van der Waals surface area contributed by atoms with Crippen molar-refractivity contribution >= 4 is 49.9 Å². The van der Waals surface area contributed by atoms with Gasteiger partial charge in [-0.15, -0.1) is 11.3 Å². The van der Waals surface area contributed by atoms with Crippen LogP contribution in [-0.4, -0.2) is 6.54 Å². The Balaban J connectivity index is 2.43. The van der Waals surface area contributed by atoms with Crippen LogP contribution in [0.2, 0.25) is 0 Å². The summed E-state index contributed by atoms with van der Waals surface area (Å²) in [4.78, 5) is 0. The predicted octanol–water partition coefficient (Wildman–Crippen LogP) is 5.82. The van der Waals surface area contributed by atoms with E-state index in [1.54, 1.807) is 0 Å². The van der Waals surface area contributed by atoms with Gasteiger partial charge in [0.1, 0.15) is 0 Å². The molecule has 2 rings (SSSR count). The van der Waals surface area contributed by atoms with E-state index >= 15 is 0 Å². The molecule has 0 saturated carbocycles. The Morgan fingerprint density at radius 3 is 2.60 bits per heavy atom. The van der Waals surface area contributed by atoms with Crippen LogP contribution < -0.4 is 5.32 Å². The lowest BCUT2D eigenvalue weighted by Gasteiger charge is -2.21. The molecule has 0 bridgehead atoms. The third-order valence-electron chi connectivity index (χ3n) is 3.38. The van der Waals surface area contributed by atoms with Crippen molar-refractivity contribution in [1.29, 1.82) is 0 Å². The second-order valence-electron chi connectivity index (χ2n) is 5.03. The maximum absolute atomic E-state index is 3.69. The maximum Gasteiger partial charge on any atom is 0.0656 e. The monoisotopic (exact) mass is 463 g/mol. The van der Waals surface area contributed by atoms with Crippen LogP contribution in [-0.2, 0) is 0 Å². The van der Waals surface area contributed by atoms with Crippen LogP contribution in [0.5, 0.6) is 0 Å². The fourth-order valence-electron chi connectivity index (χ4n) is 2.29. The number of aryl methyl sites for hydroxylation is 2. The number of thiophene rings is 1. The molecule has 0 aliphatic carbocycles. The number of rotatable bonds is 5. The fourth-order valence-corrected chi connectivity index (χ4v) is 4.14. The van der Waals surface area contributed by atoms with Crippen molar-refractivity contribution in [2.75, 3.05) is 6.54 Å². The first-order chi connectivity index (χ1) is 9.52. The zero-order valence-electron chi connectivity index (χ0n) is 12.0. The molecule has 0 aliphatic rings. The van der Waals surface area contributed by atoms with Crippen molar-refractivity contribution in [3.8, 4) is 0 Å². The van der Waals surface area contributed by atoms with E-state index < -0.39 is 0 Å². The summed E-state index contributed by atoms with van der Waals surface area (Å²) in [5, 5.41) is 5.96. The Bertz CT molecular complexity index is 594. The first-order valence-corrected chi connectivity index (χ1v) is 9.52. The van der Waals surface area contributed by atoms with Crippen molar-refractivity contribution < 1.29 is 0 Å². The van der Waals surface area contributed by atoms with Crippen molar-refractivity contribution in [2.24, 2.45) is 0 Å². The van der Waals surface area contributed by atoms with E-state index in [1.807, 2.05) is 11.3 Å². The summed E-state index contributed by atoms with van der Waals surface area (Å²) in [6.07, 6.45) is 1.15. The second kappa shape index (κ2) is 7.38. The Morgan fingerprint density at radius 2 is 2.00 bits per heavy atom. The maximum atomic E-state index is 3.69. The van der Waals surface area contributed by atoms with Gasteiger partial charge in [0, 0.05) is 4.47 Å². The van der Waals surface area contributed by atoms with Crippen LogP contribution in [0.3, 0.4) is 0 Å². The van der Waals surface area contributed by atoms with Crippen LogP contribution in [0.15, 0.2) is 28.1 Å². The number of nitrogens with one attached hydrogen (secondary N) is 1. The largest absolute Gasteiger partial charge is 0.306 e. The number of halogens is 2. The zero-order valence-corrected chi connectivity index (χ0v) is 16.5. The smallest absolute Gasteiger partial charge is 0.0656 e. The van der Waals surface area contributed by atoms with Crippen LogP contribution >= 0.6 is 49.9 Å². The summed E-state index contributed by atoms with van der Waals surface area (Å²) in [5.74, 6) is 0. The van der Waals surface area contributed by atoms with E-state index in [1.165, 1.54) is 29.6 Å². The van der Waals surface area contributed by atoms with Gasteiger partial charge in [0.05, 0.1) is 8.93 Å². The van der Waals surface area contributed by atoms with Gasteiger partial charge in [-0.1, -0.05) is 28.9 Å². The van der Waals surface area contributed by atoms with E-state index in [9.17, 15) is 0 Å². The quantitative estimate of drug-likeness (QED) is 0.550. The number of hydrogen-bond acceptors (Lipinski definition) is 2. The molecule has 1 nitrogen and oxygen atoms in total. The van der Waals surface area contributed by atoms with Gasteiger partial charge in [-0.25, -0.2) is 0 Å².